The van der Waals surface area contributed by atoms with Crippen LogP contribution in [0.3, 0.4) is 0 Å². The van der Waals surface area contributed by atoms with Gasteiger partial charge in [0, 0.05) is 32.7 Å². The Kier molecular flexibility index (Phi) is 10.1. The number of carbonyl (C=O) groups is 1. The Bertz CT molecular complexity index is 591. The van der Waals surface area contributed by atoms with Crippen molar-refractivity contribution in [2.45, 2.75) is 38.4 Å². The Morgan fingerprint density at radius 2 is 1.82 bits per heavy atom. The molecule has 2 rings (SSSR count). The first-order valence-corrected chi connectivity index (χ1v) is 9.28. The molecule has 1 aliphatic rings. The van der Waals surface area contributed by atoms with Crippen LogP contribution in [0.4, 0.5) is 13.2 Å². The molecule has 1 atom stereocenters. The van der Waals surface area contributed by atoms with E-state index in [4.69, 9.17) is 4.74 Å². The van der Waals surface area contributed by atoms with Gasteiger partial charge in [0.1, 0.15) is 11.8 Å². The number of ether oxygens (including phenoxy) is 1. The van der Waals surface area contributed by atoms with Crippen molar-refractivity contribution < 1.29 is 22.7 Å². The molecule has 1 unspecified atom stereocenters. The highest BCUT2D eigenvalue weighted by molar-refractivity contribution is 5.85. The number of benzene rings is 1. The molecule has 0 bridgehead atoms. The molecule has 5 nitrogen and oxygen atoms in total. The van der Waals surface area contributed by atoms with E-state index in [0.717, 1.165) is 0 Å². The lowest BCUT2D eigenvalue weighted by atomic mass is 10.0. The molecule has 9 heteroatoms. The predicted octanol–water partition coefficient (Wildman–Crippen LogP) is 2.95. The van der Waals surface area contributed by atoms with Gasteiger partial charge in [-0.1, -0.05) is 26.0 Å². The minimum atomic E-state index is -4.38. The van der Waals surface area contributed by atoms with E-state index < -0.39 is 24.7 Å². The topological polar surface area (TPSA) is 53.6 Å². The molecular formula is C19H29ClF3N3O2. The minimum absolute atomic E-state index is 0. The van der Waals surface area contributed by atoms with Gasteiger partial charge in [-0.2, -0.15) is 13.2 Å². The van der Waals surface area contributed by atoms with Gasteiger partial charge in [0.25, 0.3) is 0 Å². The lowest BCUT2D eigenvalue weighted by molar-refractivity contribution is -0.184. The summed E-state index contributed by atoms with van der Waals surface area (Å²) in [4.78, 5) is 13.3. The fourth-order valence-electron chi connectivity index (χ4n) is 2.96. The van der Waals surface area contributed by atoms with Crippen molar-refractivity contribution in [1.82, 2.24) is 15.5 Å². The van der Waals surface area contributed by atoms with Gasteiger partial charge in [-0.15, -0.1) is 12.4 Å². The molecule has 1 aromatic rings. The van der Waals surface area contributed by atoms with Gasteiger partial charge < -0.3 is 15.4 Å². The lowest BCUT2D eigenvalue weighted by Crippen LogP contribution is -2.57. The second-order valence-corrected chi connectivity index (χ2v) is 6.97. The summed E-state index contributed by atoms with van der Waals surface area (Å²) in [5.74, 6) is 0.612. The largest absolute Gasteiger partial charge is 0.493 e. The van der Waals surface area contributed by atoms with E-state index in [2.05, 4.69) is 24.5 Å². The summed E-state index contributed by atoms with van der Waals surface area (Å²) in [6.07, 6.45) is -4.36. The number of nitrogens with one attached hydrogen (secondary N) is 2. The first kappa shape index (κ1) is 24.5. The Morgan fingerprint density at radius 3 is 2.36 bits per heavy atom. The second kappa shape index (κ2) is 11.5. The molecule has 1 aromatic carbocycles. The Balaban J connectivity index is 0.00000392. The van der Waals surface area contributed by atoms with Crippen LogP contribution >= 0.6 is 12.4 Å². The highest BCUT2D eigenvalue weighted by Gasteiger charge is 2.43. The number of piperazine rings is 1. The van der Waals surface area contributed by atoms with E-state index in [9.17, 15) is 18.0 Å². The highest BCUT2D eigenvalue weighted by atomic mass is 35.5. The second-order valence-electron chi connectivity index (χ2n) is 6.97. The molecule has 1 fully saturated rings. The molecule has 1 saturated heterocycles. The summed E-state index contributed by atoms with van der Waals surface area (Å²) in [7, 11) is 0. The molecule has 0 spiro atoms. The number of nitrogens with zero attached hydrogens (tertiary/aromatic N) is 1. The first-order chi connectivity index (χ1) is 12.8. The normalized spacial score (nSPS) is 16.4. The summed E-state index contributed by atoms with van der Waals surface area (Å²) >= 11 is 0. The summed E-state index contributed by atoms with van der Waals surface area (Å²) < 4.78 is 45.3. The van der Waals surface area contributed by atoms with Gasteiger partial charge in [0.2, 0.25) is 5.91 Å². The Hall–Kier alpha value is -1.51. The molecule has 1 amide bonds. The smallest absolute Gasteiger partial charge is 0.405 e. The summed E-state index contributed by atoms with van der Waals surface area (Å²) in [6, 6.07) is 5.92. The van der Waals surface area contributed by atoms with E-state index in [1.165, 1.54) is 10.5 Å². The molecule has 0 aliphatic carbocycles. The SMILES string of the molecule is CC(C)c1ccc(OCCC(=O)NCC(N2CCNCC2)C(F)(F)F)cc1.Cl. The monoisotopic (exact) mass is 423 g/mol. The van der Waals surface area contributed by atoms with Crippen molar-refractivity contribution in [1.29, 1.82) is 0 Å². The predicted molar refractivity (Wildman–Crippen MR) is 105 cm³/mol. The van der Waals surface area contributed by atoms with E-state index in [1.54, 1.807) is 0 Å². The number of alkyl halides is 3. The first-order valence-electron chi connectivity index (χ1n) is 9.28. The van der Waals surface area contributed by atoms with Gasteiger partial charge in [-0.25, -0.2) is 0 Å². The van der Waals surface area contributed by atoms with Gasteiger partial charge in [0.05, 0.1) is 13.0 Å². The molecule has 0 saturated carbocycles. The maximum atomic E-state index is 13.3. The van der Waals surface area contributed by atoms with Crippen LogP contribution in [0.25, 0.3) is 0 Å². The van der Waals surface area contributed by atoms with Crippen LogP contribution in [-0.4, -0.2) is 62.4 Å². The van der Waals surface area contributed by atoms with Gasteiger partial charge >= 0.3 is 6.18 Å². The number of halogens is 4. The number of amides is 1. The highest BCUT2D eigenvalue weighted by Crippen LogP contribution is 2.24. The quantitative estimate of drug-likeness (QED) is 0.675. The summed E-state index contributed by atoms with van der Waals surface area (Å²) in [5.41, 5.74) is 1.19. The standard InChI is InChI=1S/C19H28F3N3O2.ClH/c1-14(2)15-3-5-16(6-4-15)27-12-7-18(26)24-13-17(19(20,21)22)25-10-8-23-9-11-25;/h3-6,14,17,23H,7-13H2,1-2H3,(H,24,26);1H. The zero-order valence-electron chi connectivity index (χ0n) is 16.2. The van der Waals surface area contributed by atoms with Crippen LogP contribution in [-0.2, 0) is 4.79 Å². The molecule has 28 heavy (non-hydrogen) atoms. The fourth-order valence-corrected chi connectivity index (χ4v) is 2.96. The maximum absolute atomic E-state index is 13.3. The average Bonchev–Trinajstić information content (AvgIpc) is 2.62. The van der Waals surface area contributed by atoms with Crippen molar-refractivity contribution in [2.75, 3.05) is 39.3 Å². The molecular weight excluding hydrogens is 395 g/mol. The van der Waals surface area contributed by atoms with Crippen LogP contribution in [0.1, 0.15) is 31.7 Å². The maximum Gasteiger partial charge on any atom is 0.405 e. The van der Waals surface area contributed by atoms with Crippen LogP contribution in [0.5, 0.6) is 5.75 Å². The van der Waals surface area contributed by atoms with Crippen molar-refractivity contribution in [3.8, 4) is 5.75 Å². The average molecular weight is 424 g/mol. The molecule has 1 heterocycles. The van der Waals surface area contributed by atoms with E-state index in [-0.39, 0.29) is 25.4 Å². The zero-order chi connectivity index (χ0) is 19.9. The minimum Gasteiger partial charge on any atom is -0.493 e. The van der Waals surface area contributed by atoms with Crippen molar-refractivity contribution >= 4 is 18.3 Å². The van der Waals surface area contributed by atoms with Gasteiger partial charge in [-0.3, -0.25) is 9.69 Å². The van der Waals surface area contributed by atoms with E-state index in [1.807, 2.05) is 24.3 Å². The van der Waals surface area contributed by atoms with Crippen LogP contribution in [0.2, 0.25) is 0 Å². The van der Waals surface area contributed by atoms with Crippen molar-refractivity contribution in [2.24, 2.45) is 0 Å². The van der Waals surface area contributed by atoms with Crippen molar-refractivity contribution in [3.63, 3.8) is 0 Å². The Morgan fingerprint density at radius 1 is 1.21 bits per heavy atom. The van der Waals surface area contributed by atoms with Crippen LogP contribution in [0.15, 0.2) is 24.3 Å². The fraction of sp³-hybridized carbons (Fsp3) is 0.632. The molecule has 1 aliphatic heterocycles. The number of hydrogen-bond donors (Lipinski definition) is 2. The van der Waals surface area contributed by atoms with Crippen LogP contribution in [0, 0.1) is 0 Å². The van der Waals surface area contributed by atoms with E-state index >= 15 is 0 Å². The summed E-state index contributed by atoms with van der Waals surface area (Å²) in [6.45, 7) is 5.53. The third-order valence-electron chi connectivity index (χ3n) is 4.61. The third-order valence-corrected chi connectivity index (χ3v) is 4.61. The van der Waals surface area contributed by atoms with Gasteiger partial charge in [-0.05, 0) is 23.6 Å². The Labute approximate surface area is 170 Å². The molecule has 160 valence electrons. The zero-order valence-corrected chi connectivity index (χ0v) is 17.0. The molecule has 0 radical (unpaired) electrons. The number of hydrogen-bond acceptors (Lipinski definition) is 4. The third kappa shape index (κ3) is 7.85. The van der Waals surface area contributed by atoms with E-state index in [0.29, 0.717) is 37.8 Å². The number of rotatable bonds is 8. The van der Waals surface area contributed by atoms with Crippen molar-refractivity contribution in [3.05, 3.63) is 29.8 Å². The van der Waals surface area contributed by atoms with Crippen LogP contribution < -0.4 is 15.4 Å². The number of carbonyl (C=O) groups excluding carboxylic acids is 1. The van der Waals surface area contributed by atoms with Gasteiger partial charge in [0.15, 0.2) is 0 Å². The molecule has 2 N–H and O–H groups in total. The lowest BCUT2D eigenvalue weighted by Gasteiger charge is -2.35. The molecule has 0 aromatic heterocycles. The summed E-state index contributed by atoms with van der Waals surface area (Å²) in [5, 5.41) is 5.42.